The van der Waals surface area contributed by atoms with Crippen LogP contribution in [0.2, 0.25) is 0 Å². The van der Waals surface area contributed by atoms with Crippen LogP contribution in [0, 0.1) is 0 Å². The van der Waals surface area contributed by atoms with Crippen molar-refractivity contribution in [2.75, 3.05) is 36.5 Å². The molecule has 0 aromatic heterocycles. The molecule has 1 amide bonds. The van der Waals surface area contributed by atoms with E-state index in [4.69, 9.17) is 0 Å². The Balaban J connectivity index is 1.57. The van der Waals surface area contributed by atoms with E-state index >= 15 is 0 Å². The first kappa shape index (κ1) is 20.4. The normalized spacial score (nSPS) is 13.4. The van der Waals surface area contributed by atoms with Crippen LogP contribution in [0.3, 0.4) is 0 Å². The lowest BCUT2D eigenvalue weighted by Crippen LogP contribution is -2.28. The van der Waals surface area contributed by atoms with Crippen molar-refractivity contribution in [2.45, 2.75) is 31.1 Å². The van der Waals surface area contributed by atoms with Crippen molar-refractivity contribution in [2.24, 2.45) is 0 Å². The predicted molar refractivity (Wildman–Crippen MR) is 112 cm³/mol. The largest absolute Gasteiger partial charge is 0.375 e. The number of hydrogen-bond acceptors (Lipinski definition) is 4. The number of sulfonamides is 1. The van der Waals surface area contributed by atoms with Gasteiger partial charge in [0.1, 0.15) is 0 Å². The van der Waals surface area contributed by atoms with Crippen LogP contribution >= 0.6 is 0 Å². The smallest absolute Gasteiger partial charge is 0.240 e. The molecule has 1 aliphatic heterocycles. The molecule has 0 atom stereocenters. The van der Waals surface area contributed by atoms with Crippen molar-refractivity contribution in [1.82, 2.24) is 4.72 Å². The summed E-state index contributed by atoms with van der Waals surface area (Å²) < 4.78 is 27.9. The first-order valence-electron chi connectivity index (χ1n) is 9.61. The zero-order chi connectivity index (χ0) is 20.1. The van der Waals surface area contributed by atoms with E-state index in [1.165, 1.54) is 0 Å². The molecule has 1 N–H and O–H groups in total. The van der Waals surface area contributed by atoms with E-state index in [0.717, 1.165) is 23.5 Å². The van der Waals surface area contributed by atoms with Crippen molar-refractivity contribution < 1.29 is 13.2 Å². The van der Waals surface area contributed by atoms with Gasteiger partial charge < -0.3 is 9.80 Å². The SMILES string of the molecule is CCC(=O)N1CCc2cc(S(=O)(=O)NCCCN(C)c3ccccc3)ccc21. The van der Waals surface area contributed by atoms with Gasteiger partial charge in [0, 0.05) is 44.5 Å². The summed E-state index contributed by atoms with van der Waals surface area (Å²) in [6.07, 6.45) is 1.83. The molecule has 1 heterocycles. The summed E-state index contributed by atoms with van der Waals surface area (Å²) >= 11 is 0. The van der Waals surface area contributed by atoms with E-state index in [0.29, 0.717) is 32.4 Å². The Morgan fingerprint density at radius 2 is 1.93 bits per heavy atom. The summed E-state index contributed by atoms with van der Waals surface area (Å²) in [6.45, 7) is 3.57. The third kappa shape index (κ3) is 4.54. The third-order valence-corrected chi connectivity index (χ3v) is 6.48. The minimum Gasteiger partial charge on any atom is -0.375 e. The lowest BCUT2D eigenvalue weighted by atomic mass is 10.2. The van der Waals surface area contributed by atoms with Gasteiger partial charge in [-0.25, -0.2) is 13.1 Å². The number of carbonyl (C=O) groups excluding carboxylic acids is 1. The van der Waals surface area contributed by atoms with Crippen LogP contribution in [0.5, 0.6) is 0 Å². The Labute approximate surface area is 167 Å². The molecule has 0 saturated carbocycles. The quantitative estimate of drug-likeness (QED) is 0.691. The maximum atomic E-state index is 12.6. The summed E-state index contributed by atoms with van der Waals surface area (Å²) in [5, 5.41) is 0. The van der Waals surface area contributed by atoms with Gasteiger partial charge >= 0.3 is 0 Å². The molecule has 28 heavy (non-hydrogen) atoms. The van der Waals surface area contributed by atoms with Gasteiger partial charge in [-0.15, -0.1) is 0 Å². The van der Waals surface area contributed by atoms with Crippen LogP contribution in [-0.4, -0.2) is 41.0 Å². The molecule has 0 aliphatic carbocycles. The molecule has 0 saturated heterocycles. The predicted octanol–water partition coefficient (Wildman–Crippen LogP) is 2.79. The summed E-state index contributed by atoms with van der Waals surface area (Å²) in [5.41, 5.74) is 2.85. The molecule has 7 heteroatoms. The standard InChI is InChI=1S/C21H27N3O3S/c1-3-21(25)24-15-12-17-16-19(10-11-20(17)24)28(26,27)22-13-7-14-23(2)18-8-5-4-6-9-18/h4-6,8-11,16,22H,3,7,12-15H2,1-2H3. The number of amides is 1. The molecule has 0 spiro atoms. The Bertz CT molecular complexity index is 929. The molecular weight excluding hydrogens is 374 g/mol. The van der Waals surface area contributed by atoms with Crippen LogP contribution in [0.1, 0.15) is 25.3 Å². The number of rotatable bonds is 8. The number of para-hydroxylation sites is 1. The maximum absolute atomic E-state index is 12.6. The van der Waals surface area contributed by atoms with Gasteiger partial charge in [-0.1, -0.05) is 25.1 Å². The molecule has 3 rings (SSSR count). The van der Waals surface area contributed by atoms with Crippen molar-refractivity contribution in [3.05, 3.63) is 54.1 Å². The number of carbonyl (C=O) groups is 1. The van der Waals surface area contributed by atoms with E-state index in [-0.39, 0.29) is 10.8 Å². The average molecular weight is 402 g/mol. The summed E-state index contributed by atoms with van der Waals surface area (Å²) in [4.78, 5) is 16.1. The highest BCUT2D eigenvalue weighted by atomic mass is 32.2. The highest BCUT2D eigenvalue weighted by molar-refractivity contribution is 7.89. The Morgan fingerprint density at radius 3 is 2.64 bits per heavy atom. The molecular formula is C21H27N3O3S. The Morgan fingerprint density at radius 1 is 1.18 bits per heavy atom. The van der Waals surface area contributed by atoms with Crippen LogP contribution in [0.15, 0.2) is 53.4 Å². The number of hydrogen-bond donors (Lipinski definition) is 1. The van der Waals surface area contributed by atoms with Crippen LogP contribution < -0.4 is 14.5 Å². The molecule has 150 valence electrons. The number of benzene rings is 2. The number of fused-ring (bicyclic) bond motifs is 1. The van der Waals surface area contributed by atoms with E-state index < -0.39 is 10.0 Å². The lowest BCUT2D eigenvalue weighted by molar-refractivity contribution is -0.118. The monoisotopic (exact) mass is 401 g/mol. The van der Waals surface area contributed by atoms with Crippen molar-refractivity contribution in [1.29, 1.82) is 0 Å². The second kappa shape index (κ2) is 8.75. The fourth-order valence-electron chi connectivity index (χ4n) is 3.41. The molecule has 0 bridgehead atoms. The van der Waals surface area contributed by atoms with E-state index in [1.807, 2.05) is 44.3 Å². The van der Waals surface area contributed by atoms with Crippen molar-refractivity contribution >= 4 is 27.3 Å². The van der Waals surface area contributed by atoms with E-state index in [9.17, 15) is 13.2 Å². The molecule has 2 aromatic carbocycles. The van der Waals surface area contributed by atoms with Crippen molar-refractivity contribution in [3.8, 4) is 0 Å². The third-order valence-electron chi connectivity index (χ3n) is 5.02. The van der Waals surface area contributed by atoms with Gasteiger partial charge in [-0.3, -0.25) is 4.79 Å². The Hall–Kier alpha value is -2.38. The maximum Gasteiger partial charge on any atom is 0.240 e. The highest BCUT2D eigenvalue weighted by Crippen LogP contribution is 2.30. The fraction of sp³-hybridized carbons (Fsp3) is 0.381. The van der Waals surface area contributed by atoms with Crippen molar-refractivity contribution in [3.63, 3.8) is 0 Å². The van der Waals surface area contributed by atoms with Gasteiger partial charge in [0.2, 0.25) is 15.9 Å². The second-order valence-electron chi connectivity index (χ2n) is 6.95. The van der Waals surface area contributed by atoms with Gasteiger partial charge in [-0.2, -0.15) is 0 Å². The van der Waals surface area contributed by atoms with Gasteiger partial charge in [0.25, 0.3) is 0 Å². The zero-order valence-electron chi connectivity index (χ0n) is 16.4. The van der Waals surface area contributed by atoms with Crippen LogP contribution in [0.25, 0.3) is 0 Å². The van der Waals surface area contributed by atoms with Gasteiger partial charge in [0.15, 0.2) is 0 Å². The van der Waals surface area contributed by atoms with Gasteiger partial charge in [-0.05, 0) is 48.7 Å². The zero-order valence-corrected chi connectivity index (χ0v) is 17.2. The number of nitrogens with zero attached hydrogens (tertiary/aromatic N) is 2. The van der Waals surface area contributed by atoms with Crippen LogP contribution in [0.4, 0.5) is 11.4 Å². The van der Waals surface area contributed by atoms with Gasteiger partial charge in [0.05, 0.1) is 4.90 Å². The topological polar surface area (TPSA) is 69.7 Å². The second-order valence-corrected chi connectivity index (χ2v) is 8.71. The first-order chi connectivity index (χ1) is 13.4. The fourth-order valence-corrected chi connectivity index (χ4v) is 4.54. The van der Waals surface area contributed by atoms with Crippen LogP contribution in [-0.2, 0) is 21.2 Å². The average Bonchev–Trinajstić information content (AvgIpc) is 3.14. The highest BCUT2D eigenvalue weighted by Gasteiger charge is 2.25. The molecule has 0 unspecified atom stereocenters. The minimum absolute atomic E-state index is 0.0648. The minimum atomic E-state index is -3.56. The lowest BCUT2D eigenvalue weighted by Gasteiger charge is -2.19. The number of anilines is 2. The summed E-state index contributed by atoms with van der Waals surface area (Å²) in [5.74, 6) is 0.0648. The Kier molecular flexibility index (Phi) is 6.36. The number of nitrogens with one attached hydrogen (secondary N) is 1. The molecule has 2 aromatic rings. The van der Waals surface area contributed by atoms with E-state index in [2.05, 4.69) is 9.62 Å². The molecule has 6 nitrogen and oxygen atoms in total. The summed E-state index contributed by atoms with van der Waals surface area (Å²) in [7, 11) is -1.57. The molecule has 0 fully saturated rings. The van der Waals surface area contributed by atoms with E-state index in [1.54, 1.807) is 23.1 Å². The molecule has 0 radical (unpaired) electrons. The first-order valence-corrected chi connectivity index (χ1v) is 11.1. The molecule has 1 aliphatic rings. The summed E-state index contributed by atoms with van der Waals surface area (Å²) in [6, 6.07) is 15.0.